The fraction of sp³-hybridized carbons (Fsp3) is 0.562. The van der Waals surface area contributed by atoms with Gasteiger partial charge >= 0.3 is 0 Å². The molecule has 0 saturated carbocycles. The molecule has 2 aromatic rings. The van der Waals surface area contributed by atoms with Gasteiger partial charge in [0.25, 0.3) is 0 Å². The van der Waals surface area contributed by atoms with E-state index in [1.54, 1.807) is 11.3 Å². The highest BCUT2D eigenvalue weighted by atomic mass is 32.1. The molecule has 22 heavy (non-hydrogen) atoms. The molecule has 2 aromatic heterocycles. The zero-order valence-electron chi connectivity index (χ0n) is 12.9. The second-order valence-electron chi connectivity index (χ2n) is 5.61. The highest BCUT2D eigenvalue weighted by molar-refractivity contribution is 7.09. The van der Waals surface area contributed by atoms with Gasteiger partial charge < -0.3 is 9.47 Å². The summed E-state index contributed by atoms with van der Waals surface area (Å²) in [5, 5.41) is 3.07. The number of rotatable bonds is 5. The number of thiazole rings is 1. The third kappa shape index (κ3) is 3.21. The van der Waals surface area contributed by atoms with E-state index in [1.807, 2.05) is 28.9 Å². The van der Waals surface area contributed by atoms with Crippen molar-refractivity contribution in [1.29, 1.82) is 0 Å². The Morgan fingerprint density at radius 2 is 2.27 bits per heavy atom. The van der Waals surface area contributed by atoms with Crippen molar-refractivity contribution in [3.05, 3.63) is 34.8 Å². The minimum absolute atomic E-state index is 0.176. The summed E-state index contributed by atoms with van der Waals surface area (Å²) in [6.45, 7) is 3.65. The first-order valence-corrected chi connectivity index (χ1v) is 8.86. The first kappa shape index (κ1) is 15.2. The van der Waals surface area contributed by atoms with Crippen LogP contribution in [-0.4, -0.2) is 31.9 Å². The van der Waals surface area contributed by atoms with Gasteiger partial charge in [0.15, 0.2) is 0 Å². The molecule has 1 fully saturated rings. The van der Waals surface area contributed by atoms with E-state index in [4.69, 9.17) is 0 Å². The number of aromatic nitrogens is 3. The van der Waals surface area contributed by atoms with Crippen molar-refractivity contribution < 1.29 is 4.79 Å². The molecule has 1 amide bonds. The molecule has 3 rings (SSSR count). The number of imidazole rings is 1. The van der Waals surface area contributed by atoms with Crippen LogP contribution in [0.1, 0.15) is 49.5 Å². The molecular formula is C16H22N4OS. The Bertz CT molecular complexity index is 607. The topological polar surface area (TPSA) is 51.0 Å². The van der Waals surface area contributed by atoms with Crippen LogP contribution in [0.25, 0.3) is 0 Å². The summed E-state index contributed by atoms with van der Waals surface area (Å²) in [6.07, 6.45) is 10.3. The normalized spacial score (nSPS) is 18.6. The number of aryl methyl sites for hydroxylation is 2. The predicted octanol–water partition coefficient (Wildman–Crippen LogP) is 3.05. The van der Waals surface area contributed by atoms with Gasteiger partial charge in [0.1, 0.15) is 10.8 Å². The molecule has 1 aliphatic heterocycles. The average Bonchev–Trinajstić information content (AvgIpc) is 3.23. The zero-order chi connectivity index (χ0) is 15.4. The van der Waals surface area contributed by atoms with Gasteiger partial charge in [-0.1, -0.05) is 6.92 Å². The first-order valence-electron chi connectivity index (χ1n) is 7.98. The molecule has 0 aromatic carbocycles. The standard InChI is InChI=1S/C16H22N4OS/c1-2-14-17-7-11-19(14)10-6-15(21)20-9-4-3-5-13(20)16-18-8-12-22-16/h7-8,11-13H,2-6,9-10H2,1H3. The Morgan fingerprint density at radius 3 is 3.05 bits per heavy atom. The summed E-state index contributed by atoms with van der Waals surface area (Å²) < 4.78 is 2.08. The number of likely N-dealkylation sites (tertiary alicyclic amines) is 1. The maximum Gasteiger partial charge on any atom is 0.224 e. The molecule has 118 valence electrons. The number of carbonyl (C=O) groups excluding carboxylic acids is 1. The zero-order valence-corrected chi connectivity index (χ0v) is 13.8. The second kappa shape index (κ2) is 7.05. The minimum Gasteiger partial charge on any atom is -0.334 e. The average molecular weight is 318 g/mol. The van der Waals surface area contributed by atoms with Crippen molar-refractivity contribution in [3.63, 3.8) is 0 Å². The third-order valence-corrected chi connectivity index (χ3v) is 5.12. The fourth-order valence-corrected chi connectivity index (χ4v) is 3.89. The Morgan fingerprint density at radius 1 is 1.36 bits per heavy atom. The molecule has 0 N–H and O–H groups in total. The quantitative estimate of drug-likeness (QED) is 0.851. The lowest BCUT2D eigenvalue weighted by molar-refractivity contribution is -0.135. The largest absolute Gasteiger partial charge is 0.334 e. The second-order valence-corrected chi connectivity index (χ2v) is 6.54. The summed E-state index contributed by atoms with van der Waals surface area (Å²) in [5.41, 5.74) is 0. The van der Waals surface area contributed by atoms with Crippen LogP contribution in [0.3, 0.4) is 0 Å². The van der Waals surface area contributed by atoms with Crippen LogP contribution in [0.4, 0.5) is 0 Å². The van der Waals surface area contributed by atoms with Gasteiger partial charge in [-0.3, -0.25) is 4.79 Å². The summed E-state index contributed by atoms with van der Waals surface area (Å²) in [6, 6.07) is 0.176. The van der Waals surface area contributed by atoms with E-state index in [0.717, 1.165) is 36.6 Å². The van der Waals surface area contributed by atoms with Crippen LogP contribution >= 0.6 is 11.3 Å². The van der Waals surface area contributed by atoms with Gasteiger partial charge in [0.05, 0.1) is 6.04 Å². The molecule has 0 spiro atoms. The van der Waals surface area contributed by atoms with Crippen molar-refractivity contribution in [3.8, 4) is 0 Å². The van der Waals surface area contributed by atoms with Crippen LogP contribution < -0.4 is 0 Å². The monoisotopic (exact) mass is 318 g/mol. The number of hydrogen-bond acceptors (Lipinski definition) is 4. The molecule has 3 heterocycles. The van der Waals surface area contributed by atoms with Gasteiger partial charge in [-0.2, -0.15) is 0 Å². The van der Waals surface area contributed by atoms with Gasteiger partial charge in [-0.05, 0) is 19.3 Å². The van der Waals surface area contributed by atoms with Crippen molar-refractivity contribution in [2.75, 3.05) is 6.54 Å². The molecule has 6 heteroatoms. The molecule has 0 aliphatic carbocycles. The smallest absolute Gasteiger partial charge is 0.224 e. The van der Waals surface area contributed by atoms with E-state index >= 15 is 0 Å². The van der Waals surface area contributed by atoms with Crippen molar-refractivity contribution in [2.45, 2.75) is 51.6 Å². The molecule has 0 bridgehead atoms. The molecule has 1 atom stereocenters. The van der Waals surface area contributed by atoms with E-state index in [0.29, 0.717) is 13.0 Å². The lowest BCUT2D eigenvalue weighted by Crippen LogP contribution is -2.38. The highest BCUT2D eigenvalue weighted by Gasteiger charge is 2.29. The van der Waals surface area contributed by atoms with Crippen molar-refractivity contribution in [1.82, 2.24) is 19.4 Å². The van der Waals surface area contributed by atoms with E-state index in [2.05, 4.69) is 21.5 Å². The number of hydrogen-bond donors (Lipinski definition) is 0. The van der Waals surface area contributed by atoms with Gasteiger partial charge in [-0.15, -0.1) is 11.3 Å². The van der Waals surface area contributed by atoms with E-state index in [-0.39, 0.29) is 11.9 Å². The Kier molecular flexibility index (Phi) is 4.87. The van der Waals surface area contributed by atoms with Crippen molar-refractivity contribution >= 4 is 17.2 Å². The Labute approximate surface area is 135 Å². The van der Waals surface area contributed by atoms with E-state index < -0.39 is 0 Å². The van der Waals surface area contributed by atoms with Gasteiger partial charge in [0, 0.05) is 49.9 Å². The Balaban J connectivity index is 1.65. The Hall–Kier alpha value is -1.69. The van der Waals surface area contributed by atoms with Gasteiger partial charge in [0.2, 0.25) is 5.91 Å². The molecular weight excluding hydrogens is 296 g/mol. The van der Waals surface area contributed by atoms with Gasteiger partial charge in [-0.25, -0.2) is 9.97 Å². The molecule has 5 nitrogen and oxygen atoms in total. The van der Waals surface area contributed by atoms with Crippen LogP contribution in [0.15, 0.2) is 24.0 Å². The van der Waals surface area contributed by atoms with E-state index in [9.17, 15) is 4.79 Å². The summed E-state index contributed by atoms with van der Waals surface area (Å²) in [4.78, 5) is 23.4. The summed E-state index contributed by atoms with van der Waals surface area (Å²) >= 11 is 1.65. The van der Waals surface area contributed by atoms with Crippen LogP contribution in [0, 0.1) is 0 Å². The maximum atomic E-state index is 12.7. The number of piperidine rings is 1. The van der Waals surface area contributed by atoms with Crippen LogP contribution in [-0.2, 0) is 17.8 Å². The van der Waals surface area contributed by atoms with Crippen LogP contribution in [0.5, 0.6) is 0 Å². The molecule has 1 unspecified atom stereocenters. The summed E-state index contributed by atoms with van der Waals surface area (Å²) in [7, 11) is 0. The third-order valence-electron chi connectivity index (χ3n) is 4.24. The molecule has 1 saturated heterocycles. The molecule has 1 aliphatic rings. The lowest BCUT2D eigenvalue weighted by Gasteiger charge is -2.34. The highest BCUT2D eigenvalue weighted by Crippen LogP contribution is 2.32. The van der Waals surface area contributed by atoms with E-state index in [1.165, 1.54) is 6.42 Å². The fourth-order valence-electron chi connectivity index (χ4n) is 3.10. The number of amides is 1. The maximum absolute atomic E-state index is 12.7. The number of carbonyl (C=O) groups is 1. The minimum atomic E-state index is 0.176. The number of nitrogens with zero attached hydrogens (tertiary/aromatic N) is 4. The summed E-state index contributed by atoms with van der Waals surface area (Å²) in [5.74, 6) is 1.28. The predicted molar refractivity (Wildman–Crippen MR) is 86.6 cm³/mol. The SMILES string of the molecule is CCc1nccn1CCC(=O)N1CCCCC1c1nccs1. The lowest BCUT2D eigenvalue weighted by atomic mass is 10.0. The first-order chi connectivity index (χ1) is 10.8. The van der Waals surface area contributed by atoms with Crippen LogP contribution in [0.2, 0.25) is 0 Å². The van der Waals surface area contributed by atoms with Crippen molar-refractivity contribution in [2.24, 2.45) is 0 Å². The molecule has 0 radical (unpaired) electrons.